The van der Waals surface area contributed by atoms with Crippen LogP contribution in [0.1, 0.15) is 18.5 Å². The second kappa shape index (κ2) is 8.11. The van der Waals surface area contributed by atoms with E-state index in [0.29, 0.717) is 13.0 Å². The van der Waals surface area contributed by atoms with Gasteiger partial charge in [0.15, 0.2) is 4.96 Å². The molecule has 2 amide bonds. The van der Waals surface area contributed by atoms with Gasteiger partial charge in [0.05, 0.1) is 11.4 Å². The summed E-state index contributed by atoms with van der Waals surface area (Å²) in [5, 5.41) is 4.64. The summed E-state index contributed by atoms with van der Waals surface area (Å²) in [6, 6.07) is 12.9. The molecular formula is C23H20F2N4OS. The van der Waals surface area contributed by atoms with E-state index in [0.717, 1.165) is 46.9 Å². The Morgan fingerprint density at radius 2 is 2.00 bits per heavy atom. The molecule has 2 aromatic carbocycles. The number of imidazole rings is 1. The van der Waals surface area contributed by atoms with Crippen LogP contribution in [0, 0.1) is 11.6 Å². The van der Waals surface area contributed by atoms with E-state index in [9.17, 15) is 13.6 Å². The largest absolute Gasteiger partial charge is 0.322 e. The van der Waals surface area contributed by atoms with Crippen LogP contribution < -0.4 is 5.32 Å². The van der Waals surface area contributed by atoms with Crippen molar-refractivity contribution in [2.24, 2.45) is 0 Å². The zero-order valence-corrected chi connectivity index (χ0v) is 17.4. The molecule has 1 N–H and O–H groups in total. The van der Waals surface area contributed by atoms with E-state index in [1.54, 1.807) is 16.2 Å². The average Bonchev–Trinajstić information content (AvgIpc) is 3.39. The number of hydrogen-bond donors (Lipinski definition) is 1. The summed E-state index contributed by atoms with van der Waals surface area (Å²) in [7, 11) is 0. The number of carbonyl (C=O) groups excluding carboxylic acids is 1. The molecule has 1 fully saturated rings. The van der Waals surface area contributed by atoms with Crippen molar-refractivity contribution in [2.75, 3.05) is 11.9 Å². The van der Waals surface area contributed by atoms with Crippen molar-refractivity contribution in [3.05, 3.63) is 77.4 Å². The smallest absolute Gasteiger partial charge is 0.321 e. The zero-order chi connectivity index (χ0) is 21.4. The highest BCUT2D eigenvalue weighted by Crippen LogP contribution is 2.29. The maximum Gasteiger partial charge on any atom is 0.322 e. The number of fused-ring (bicyclic) bond motifs is 1. The third kappa shape index (κ3) is 4.16. The molecule has 31 heavy (non-hydrogen) atoms. The van der Waals surface area contributed by atoms with Gasteiger partial charge < -0.3 is 10.2 Å². The molecule has 1 saturated carbocycles. The van der Waals surface area contributed by atoms with Gasteiger partial charge in [0, 0.05) is 47.9 Å². The summed E-state index contributed by atoms with van der Waals surface area (Å²) in [5.41, 5.74) is 3.03. The number of halogens is 2. The Labute approximate surface area is 182 Å². The first kappa shape index (κ1) is 19.7. The minimum Gasteiger partial charge on any atom is -0.321 e. The van der Waals surface area contributed by atoms with Gasteiger partial charge in [-0.25, -0.2) is 18.6 Å². The van der Waals surface area contributed by atoms with Crippen LogP contribution in [-0.4, -0.2) is 32.9 Å². The first-order valence-corrected chi connectivity index (χ1v) is 11.0. The van der Waals surface area contributed by atoms with E-state index in [4.69, 9.17) is 4.98 Å². The van der Waals surface area contributed by atoms with Gasteiger partial charge in [-0.3, -0.25) is 4.40 Å². The summed E-state index contributed by atoms with van der Waals surface area (Å²) < 4.78 is 29.1. The minimum atomic E-state index is -0.782. The molecule has 1 aliphatic rings. The minimum absolute atomic E-state index is 0.0166. The Hall–Kier alpha value is -3.26. The van der Waals surface area contributed by atoms with Crippen LogP contribution in [0.25, 0.3) is 16.2 Å². The molecule has 0 bridgehead atoms. The van der Waals surface area contributed by atoms with E-state index in [1.165, 1.54) is 6.07 Å². The molecule has 2 heterocycles. The lowest BCUT2D eigenvalue weighted by Gasteiger charge is -2.23. The number of rotatable bonds is 6. The molecule has 0 radical (unpaired) electrons. The molecule has 0 aliphatic heterocycles. The van der Waals surface area contributed by atoms with E-state index in [1.807, 2.05) is 36.5 Å². The molecule has 5 rings (SSSR count). The number of amides is 2. The SMILES string of the molecule is O=C(Nc1ccc(F)cc1F)N(CCc1csc2nc(-c3ccccc3)cn12)C1CC1. The van der Waals surface area contributed by atoms with Gasteiger partial charge in [-0.15, -0.1) is 11.3 Å². The monoisotopic (exact) mass is 438 g/mol. The normalized spacial score (nSPS) is 13.5. The number of aromatic nitrogens is 2. The number of nitrogens with zero attached hydrogens (tertiary/aromatic N) is 3. The van der Waals surface area contributed by atoms with Gasteiger partial charge in [0.1, 0.15) is 11.6 Å². The molecule has 5 nitrogen and oxygen atoms in total. The van der Waals surface area contributed by atoms with E-state index in [-0.39, 0.29) is 17.8 Å². The Kier molecular flexibility index (Phi) is 5.15. The highest BCUT2D eigenvalue weighted by Gasteiger charge is 2.32. The van der Waals surface area contributed by atoms with Crippen molar-refractivity contribution in [1.29, 1.82) is 0 Å². The van der Waals surface area contributed by atoms with Crippen molar-refractivity contribution >= 4 is 28.0 Å². The quantitative estimate of drug-likeness (QED) is 0.427. The fraction of sp³-hybridized carbons (Fsp3) is 0.217. The Bertz CT molecular complexity index is 1230. The Morgan fingerprint density at radius 1 is 1.19 bits per heavy atom. The van der Waals surface area contributed by atoms with Crippen LogP contribution in [-0.2, 0) is 6.42 Å². The number of thiazole rings is 1. The number of hydrogen-bond acceptors (Lipinski definition) is 3. The van der Waals surface area contributed by atoms with Gasteiger partial charge >= 0.3 is 6.03 Å². The standard InChI is InChI=1S/C23H20F2N4OS/c24-16-6-9-20(19(25)12-16)26-22(30)28(17-7-8-17)11-10-18-14-31-23-27-21(13-29(18)23)15-4-2-1-3-5-15/h1-6,9,12-14,17H,7-8,10-11H2,(H,26,30). The van der Waals surface area contributed by atoms with Crippen molar-refractivity contribution in [2.45, 2.75) is 25.3 Å². The summed E-state index contributed by atoms with van der Waals surface area (Å²) >= 11 is 1.57. The van der Waals surface area contributed by atoms with Crippen molar-refractivity contribution in [3.63, 3.8) is 0 Å². The highest BCUT2D eigenvalue weighted by atomic mass is 32.1. The lowest BCUT2D eigenvalue weighted by molar-refractivity contribution is 0.209. The first-order valence-electron chi connectivity index (χ1n) is 10.1. The maximum absolute atomic E-state index is 13.9. The molecule has 0 atom stereocenters. The predicted octanol–water partition coefficient (Wildman–Crippen LogP) is 5.58. The molecular weight excluding hydrogens is 418 g/mol. The zero-order valence-electron chi connectivity index (χ0n) is 16.6. The second-order valence-electron chi connectivity index (χ2n) is 7.60. The van der Waals surface area contributed by atoms with E-state index < -0.39 is 11.6 Å². The highest BCUT2D eigenvalue weighted by molar-refractivity contribution is 7.15. The van der Waals surface area contributed by atoms with Crippen LogP contribution in [0.15, 0.2) is 60.1 Å². The molecule has 1 aliphatic carbocycles. The summed E-state index contributed by atoms with van der Waals surface area (Å²) in [5.74, 6) is -1.46. The van der Waals surface area contributed by atoms with Crippen molar-refractivity contribution in [3.8, 4) is 11.3 Å². The van der Waals surface area contributed by atoms with Gasteiger partial charge in [-0.05, 0) is 25.0 Å². The third-order valence-corrected chi connectivity index (χ3v) is 6.27. The fourth-order valence-corrected chi connectivity index (χ4v) is 4.51. The lowest BCUT2D eigenvalue weighted by atomic mass is 10.2. The van der Waals surface area contributed by atoms with Crippen molar-refractivity contribution < 1.29 is 13.6 Å². The maximum atomic E-state index is 13.9. The number of anilines is 1. The van der Waals surface area contributed by atoms with Gasteiger partial charge in [0.25, 0.3) is 0 Å². The Morgan fingerprint density at radius 3 is 2.74 bits per heavy atom. The molecule has 8 heteroatoms. The molecule has 158 valence electrons. The molecule has 4 aromatic rings. The summed E-state index contributed by atoms with van der Waals surface area (Å²) in [6.07, 6.45) is 4.54. The van der Waals surface area contributed by atoms with Gasteiger partial charge in [0.2, 0.25) is 0 Å². The van der Waals surface area contributed by atoms with Crippen LogP contribution in [0.3, 0.4) is 0 Å². The average molecular weight is 439 g/mol. The summed E-state index contributed by atoms with van der Waals surface area (Å²) in [4.78, 5) is 20.1. The van der Waals surface area contributed by atoms with Crippen LogP contribution >= 0.6 is 11.3 Å². The first-order chi connectivity index (χ1) is 15.1. The Balaban J connectivity index is 1.31. The third-order valence-electron chi connectivity index (χ3n) is 5.38. The molecule has 0 saturated heterocycles. The van der Waals surface area contributed by atoms with Crippen LogP contribution in [0.2, 0.25) is 0 Å². The van der Waals surface area contributed by atoms with Gasteiger partial charge in [-0.2, -0.15) is 0 Å². The van der Waals surface area contributed by atoms with Gasteiger partial charge in [-0.1, -0.05) is 30.3 Å². The van der Waals surface area contributed by atoms with Crippen molar-refractivity contribution in [1.82, 2.24) is 14.3 Å². The van der Waals surface area contributed by atoms with Crippen LogP contribution in [0.4, 0.5) is 19.3 Å². The number of carbonyl (C=O) groups is 1. The molecule has 2 aromatic heterocycles. The van der Waals surface area contributed by atoms with Crippen LogP contribution in [0.5, 0.6) is 0 Å². The topological polar surface area (TPSA) is 49.6 Å². The molecule has 0 spiro atoms. The number of benzene rings is 2. The lowest BCUT2D eigenvalue weighted by Crippen LogP contribution is -2.38. The van der Waals surface area contributed by atoms with E-state index >= 15 is 0 Å². The molecule has 0 unspecified atom stereocenters. The fourth-order valence-electron chi connectivity index (χ4n) is 3.61. The summed E-state index contributed by atoms with van der Waals surface area (Å²) in [6.45, 7) is 0.504. The second-order valence-corrected chi connectivity index (χ2v) is 8.44. The number of nitrogens with one attached hydrogen (secondary N) is 1. The predicted molar refractivity (Wildman–Crippen MR) is 117 cm³/mol. The number of urea groups is 1. The van der Waals surface area contributed by atoms with E-state index in [2.05, 4.69) is 15.1 Å².